The van der Waals surface area contributed by atoms with Crippen molar-refractivity contribution in [2.75, 3.05) is 0 Å². The number of carbonyl (C=O) groups is 1. The maximum Gasteiger partial charge on any atom is 0.140 e. The molecule has 3 rings (SSSR count). The summed E-state index contributed by atoms with van der Waals surface area (Å²) in [6.45, 7) is 0. The Morgan fingerprint density at radius 1 is 0.783 bits per heavy atom. The molecule has 0 aliphatic heterocycles. The van der Waals surface area contributed by atoms with E-state index in [0.29, 0.717) is 18.0 Å². The van der Waals surface area contributed by atoms with Gasteiger partial charge in [-0.05, 0) is 57.8 Å². The molecule has 0 heterocycles. The molecule has 0 aromatic carbocycles. The van der Waals surface area contributed by atoms with Crippen LogP contribution in [-0.2, 0) is 9.53 Å². The van der Waals surface area contributed by atoms with Gasteiger partial charge in [0.1, 0.15) is 5.78 Å². The summed E-state index contributed by atoms with van der Waals surface area (Å²) in [6.07, 6.45) is 13.9. The molecule has 0 N–H and O–H groups in total. The smallest absolute Gasteiger partial charge is 0.140 e. The molecular formula is C19H30Cl2O2. The first-order chi connectivity index (χ1) is 11.1. The number of Topliss-reactive ketones (excluding diaryl/α,β-unsaturated/α-hetero) is 1. The molecule has 0 spiro atoms. The van der Waals surface area contributed by atoms with Gasteiger partial charge in [-0.1, -0.05) is 19.3 Å². The van der Waals surface area contributed by atoms with E-state index in [4.69, 9.17) is 27.9 Å². The largest absolute Gasteiger partial charge is 0.375 e. The average Bonchev–Trinajstić information content (AvgIpc) is 2.58. The third kappa shape index (κ3) is 4.86. The van der Waals surface area contributed by atoms with E-state index >= 15 is 0 Å². The highest BCUT2D eigenvalue weighted by Gasteiger charge is 2.38. The molecule has 3 fully saturated rings. The Hall–Kier alpha value is 0.210. The summed E-state index contributed by atoms with van der Waals surface area (Å²) >= 11 is 12.7. The highest BCUT2D eigenvalue weighted by atomic mass is 35.5. The van der Waals surface area contributed by atoms with Gasteiger partial charge in [-0.25, -0.2) is 0 Å². The lowest BCUT2D eigenvalue weighted by atomic mass is 9.75. The highest BCUT2D eigenvalue weighted by Crippen LogP contribution is 2.38. The first kappa shape index (κ1) is 18.0. The molecule has 4 heteroatoms. The number of hydrogen-bond donors (Lipinski definition) is 0. The molecule has 3 unspecified atom stereocenters. The Morgan fingerprint density at radius 2 is 1.43 bits per heavy atom. The van der Waals surface area contributed by atoms with Crippen molar-refractivity contribution in [1.82, 2.24) is 0 Å². The Morgan fingerprint density at radius 3 is 2.13 bits per heavy atom. The molecule has 23 heavy (non-hydrogen) atoms. The topological polar surface area (TPSA) is 26.3 Å². The highest BCUT2D eigenvalue weighted by molar-refractivity contribution is 6.24. The fraction of sp³-hybridized carbons (Fsp3) is 0.947. The first-order valence-corrected chi connectivity index (χ1v) is 10.5. The fourth-order valence-electron chi connectivity index (χ4n) is 4.64. The number of halogens is 2. The number of alkyl halides is 2. The SMILES string of the molecule is O=C(C1CCC(OC2CCCCC2)CC1)C1CC(Cl)CCC1Cl. The predicted octanol–water partition coefficient (Wildman–Crippen LogP) is 5.48. The van der Waals surface area contributed by atoms with Crippen LogP contribution < -0.4 is 0 Å². The van der Waals surface area contributed by atoms with Crippen molar-refractivity contribution in [3.8, 4) is 0 Å². The third-order valence-electron chi connectivity index (χ3n) is 6.08. The van der Waals surface area contributed by atoms with Crippen LogP contribution in [0, 0.1) is 11.8 Å². The minimum atomic E-state index is -0.0197. The van der Waals surface area contributed by atoms with Crippen molar-refractivity contribution in [2.45, 2.75) is 100 Å². The molecule has 3 saturated carbocycles. The zero-order valence-corrected chi connectivity index (χ0v) is 15.5. The van der Waals surface area contributed by atoms with Crippen LogP contribution >= 0.6 is 23.2 Å². The van der Waals surface area contributed by atoms with E-state index in [-0.39, 0.29) is 22.6 Å². The lowest BCUT2D eigenvalue weighted by Crippen LogP contribution is -2.38. The second kappa shape index (κ2) is 8.54. The van der Waals surface area contributed by atoms with Gasteiger partial charge in [0.2, 0.25) is 0 Å². The van der Waals surface area contributed by atoms with Gasteiger partial charge >= 0.3 is 0 Å². The summed E-state index contributed by atoms with van der Waals surface area (Å²) in [5, 5.41) is 0.124. The van der Waals surface area contributed by atoms with Crippen molar-refractivity contribution in [1.29, 1.82) is 0 Å². The standard InChI is InChI=1S/C19H30Cl2O2/c20-14-8-11-18(21)17(12-14)19(22)13-6-9-16(10-7-13)23-15-4-2-1-3-5-15/h13-18H,1-12H2. The summed E-state index contributed by atoms with van der Waals surface area (Å²) in [5.74, 6) is 0.551. The molecule has 0 radical (unpaired) electrons. The third-order valence-corrected chi connectivity index (χ3v) is 7.00. The molecule has 0 aromatic heterocycles. The predicted molar refractivity (Wildman–Crippen MR) is 95.3 cm³/mol. The van der Waals surface area contributed by atoms with E-state index in [1.165, 1.54) is 32.1 Å². The monoisotopic (exact) mass is 360 g/mol. The summed E-state index contributed by atoms with van der Waals surface area (Å²) in [4.78, 5) is 12.8. The van der Waals surface area contributed by atoms with E-state index in [1.807, 2.05) is 0 Å². The van der Waals surface area contributed by atoms with Gasteiger partial charge in [-0.15, -0.1) is 23.2 Å². The van der Waals surface area contributed by atoms with Crippen LogP contribution in [0.5, 0.6) is 0 Å². The van der Waals surface area contributed by atoms with Gasteiger partial charge in [0.05, 0.1) is 12.2 Å². The molecule has 3 aliphatic carbocycles. The van der Waals surface area contributed by atoms with E-state index in [1.54, 1.807) is 0 Å². The Bertz CT molecular complexity index is 387. The van der Waals surface area contributed by atoms with Gasteiger partial charge in [-0.2, -0.15) is 0 Å². The van der Waals surface area contributed by atoms with Crippen LogP contribution in [0.25, 0.3) is 0 Å². The molecule has 3 aliphatic rings. The number of ether oxygens (including phenoxy) is 1. The van der Waals surface area contributed by atoms with Gasteiger partial charge in [0.15, 0.2) is 0 Å². The van der Waals surface area contributed by atoms with Crippen LogP contribution in [0.4, 0.5) is 0 Å². The molecule has 0 aromatic rings. The molecule has 0 bridgehead atoms. The lowest BCUT2D eigenvalue weighted by Gasteiger charge is -2.35. The van der Waals surface area contributed by atoms with E-state index in [9.17, 15) is 4.79 Å². The summed E-state index contributed by atoms with van der Waals surface area (Å²) in [6, 6.07) is 0. The Kier molecular flexibility index (Phi) is 6.69. The number of rotatable bonds is 4. The quantitative estimate of drug-likeness (QED) is 0.620. The molecule has 0 saturated heterocycles. The van der Waals surface area contributed by atoms with Crippen molar-refractivity contribution >= 4 is 29.0 Å². The van der Waals surface area contributed by atoms with Crippen LogP contribution in [0.3, 0.4) is 0 Å². The van der Waals surface area contributed by atoms with Crippen molar-refractivity contribution in [3.05, 3.63) is 0 Å². The van der Waals surface area contributed by atoms with Gasteiger partial charge in [0, 0.05) is 22.6 Å². The van der Waals surface area contributed by atoms with Crippen LogP contribution in [-0.4, -0.2) is 28.7 Å². The van der Waals surface area contributed by atoms with Crippen molar-refractivity contribution in [2.24, 2.45) is 11.8 Å². The molecule has 3 atom stereocenters. The van der Waals surface area contributed by atoms with Crippen LogP contribution in [0.2, 0.25) is 0 Å². The zero-order chi connectivity index (χ0) is 16.2. The normalized spacial score (nSPS) is 40.0. The van der Waals surface area contributed by atoms with Crippen molar-refractivity contribution in [3.63, 3.8) is 0 Å². The second-order valence-corrected chi connectivity index (χ2v) is 8.98. The second-order valence-electron chi connectivity index (χ2n) is 7.80. The molecule has 132 valence electrons. The summed E-state index contributed by atoms with van der Waals surface area (Å²) < 4.78 is 6.29. The first-order valence-electron chi connectivity index (χ1n) is 9.61. The van der Waals surface area contributed by atoms with Gasteiger partial charge < -0.3 is 4.74 Å². The van der Waals surface area contributed by atoms with E-state index in [0.717, 1.165) is 44.9 Å². The van der Waals surface area contributed by atoms with Crippen LogP contribution in [0.1, 0.15) is 77.0 Å². The van der Waals surface area contributed by atoms with Gasteiger partial charge in [0.25, 0.3) is 0 Å². The Labute approximate surface area is 150 Å². The maximum absolute atomic E-state index is 12.8. The van der Waals surface area contributed by atoms with E-state index in [2.05, 4.69) is 0 Å². The molecular weight excluding hydrogens is 331 g/mol. The number of carbonyl (C=O) groups excluding carboxylic acids is 1. The molecule has 0 amide bonds. The summed E-state index contributed by atoms with van der Waals surface area (Å²) in [5.41, 5.74) is 0. The minimum absolute atomic E-state index is 0.00582. The minimum Gasteiger partial charge on any atom is -0.375 e. The average molecular weight is 361 g/mol. The number of hydrogen-bond acceptors (Lipinski definition) is 2. The number of ketones is 1. The van der Waals surface area contributed by atoms with E-state index < -0.39 is 0 Å². The lowest BCUT2D eigenvalue weighted by molar-refractivity contribution is -0.130. The molecule has 2 nitrogen and oxygen atoms in total. The Balaban J connectivity index is 1.45. The van der Waals surface area contributed by atoms with Crippen LogP contribution in [0.15, 0.2) is 0 Å². The van der Waals surface area contributed by atoms with Crippen molar-refractivity contribution < 1.29 is 9.53 Å². The zero-order valence-electron chi connectivity index (χ0n) is 14.0. The fourth-order valence-corrected chi connectivity index (χ4v) is 5.31. The maximum atomic E-state index is 12.8. The summed E-state index contributed by atoms with van der Waals surface area (Å²) in [7, 11) is 0. The van der Waals surface area contributed by atoms with Gasteiger partial charge in [-0.3, -0.25) is 4.79 Å².